The van der Waals surface area contributed by atoms with Gasteiger partial charge in [0.15, 0.2) is 0 Å². The highest BCUT2D eigenvalue weighted by Gasteiger charge is 2.24. The number of nitrogens with zero attached hydrogens (tertiary/aromatic N) is 2. The molecule has 3 aromatic heterocycles. The summed E-state index contributed by atoms with van der Waals surface area (Å²) in [5.74, 6) is 0.105. The van der Waals surface area contributed by atoms with Gasteiger partial charge in [0.2, 0.25) is 0 Å². The highest BCUT2D eigenvalue weighted by atomic mass is 35.5. The highest BCUT2D eigenvalue weighted by Crippen LogP contribution is 2.39. The third-order valence-corrected chi connectivity index (χ3v) is 6.34. The molecular formula is C19H21ClN4OS. The van der Waals surface area contributed by atoms with Gasteiger partial charge in [0.05, 0.1) is 16.7 Å². The van der Waals surface area contributed by atoms with Crippen LogP contribution in [0.5, 0.6) is 0 Å². The Labute approximate surface area is 161 Å². The molecule has 0 saturated carbocycles. The quantitative estimate of drug-likeness (QED) is 0.708. The number of carbonyl (C=O) groups is 1. The summed E-state index contributed by atoms with van der Waals surface area (Å²) in [6.45, 7) is 5.53. The van der Waals surface area contributed by atoms with Crippen molar-refractivity contribution in [3.05, 3.63) is 45.6 Å². The molecule has 1 atom stereocenters. The molecule has 5 nitrogen and oxygen atoms in total. The lowest BCUT2D eigenvalue weighted by molar-refractivity contribution is 0.0993. The molecule has 0 saturated heterocycles. The van der Waals surface area contributed by atoms with Crippen LogP contribution in [-0.4, -0.2) is 22.1 Å². The molecule has 0 radical (unpaired) electrons. The summed E-state index contributed by atoms with van der Waals surface area (Å²) in [5.41, 5.74) is 8.81. The molecule has 0 aromatic carbocycles. The number of hydrogen-bond acceptors (Lipinski definition) is 4. The first-order chi connectivity index (χ1) is 12.4. The van der Waals surface area contributed by atoms with Crippen LogP contribution in [0, 0.1) is 5.92 Å². The van der Waals surface area contributed by atoms with E-state index in [0.29, 0.717) is 28.2 Å². The molecule has 1 amide bonds. The summed E-state index contributed by atoms with van der Waals surface area (Å²) in [7, 11) is 0. The zero-order valence-electron chi connectivity index (χ0n) is 14.8. The lowest BCUT2D eigenvalue weighted by atomic mass is 9.94. The van der Waals surface area contributed by atoms with Crippen molar-refractivity contribution in [2.75, 3.05) is 6.54 Å². The smallest absolute Gasteiger partial charge is 0.267 e. The lowest BCUT2D eigenvalue weighted by Crippen LogP contribution is -2.29. The number of aromatic nitrogens is 2. The Balaban J connectivity index is 1.76. The number of halogens is 1. The number of nitrogens with two attached hydrogens (primary N) is 1. The fourth-order valence-corrected chi connectivity index (χ4v) is 5.02. The Morgan fingerprint density at radius 1 is 1.46 bits per heavy atom. The van der Waals surface area contributed by atoms with Crippen molar-refractivity contribution in [1.82, 2.24) is 14.9 Å². The van der Waals surface area contributed by atoms with E-state index in [4.69, 9.17) is 17.3 Å². The Hall–Kier alpha value is -1.89. The first kappa shape index (κ1) is 17.5. The Kier molecular flexibility index (Phi) is 4.50. The molecule has 0 fully saturated rings. The Bertz CT molecular complexity index is 991. The van der Waals surface area contributed by atoms with Gasteiger partial charge in [-0.1, -0.05) is 25.4 Å². The van der Waals surface area contributed by atoms with Crippen molar-refractivity contribution < 1.29 is 4.79 Å². The largest absolute Gasteiger partial charge is 0.364 e. The van der Waals surface area contributed by atoms with Crippen LogP contribution in [0.4, 0.5) is 0 Å². The summed E-state index contributed by atoms with van der Waals surface area (Å²) in [4.78, 5) is 14.2. The molecule has 1 unspecified atom stereocenters. The Morgan fingerprint density at radius 2 is 2.27 bits per heavy atom. The van der Waals surface area contributed by atoms with Gasteiger partial charge < -0.3 is 11.1 Å². The van der Waals surface area contributed by atoms with Gasteiger partial charge in [-0.2, -0.15) is 5.10 Å². The van der Waals surface area contributed by atoms with Crippen molar-refractivity contribution in [2.24, 2.45) is 11.7 Å². The second-order valence-electron chi connectivity index (χ2n) is 7.16. The number of primary amides is 1. The summed E-state index contributed by atoms with van der Waals surface area (Å²) in [6.07, 6.45) is 3.97. The molecule has 0 aliphatic carbocycles. The standard InChI is InChI=1S/C19H21ClN4OS/c1-10(2)5-14-12-7-18(26-17(12)3-4-22-14)11-6-15-13(20)8-16(19(21)25)24(15)23-9-11/h6-10,14,22H,3-5H2,1-2H3,(H2,21,25). The third-order valence-electron chi connectivity index (χ3n) is 4.77. The van der Waals surface area contributed by atoms with Gasteiger partial charge in [-0.25, -0.2) is 4.52 Å². The van der Waals surface area contributed by atoms with E-state index in [9.17, 15) is 4.79 Å². The van der Waals surface area contributed by atoms with Crippen molar-refractivity contribution in [2.45, 2.75) is 32.7 Å². The van der Waals surface area contributed by atoms with Gasteiger partial charge in [0.1, 0.15) is 5.69 Å². The molecule has 3 N–H and O–H groups in total. The fraction of sp³-hybridized carbons (Fsp3) is 0.368. The number of carbonyl (C=O) groups excluding carboxylic acids is 1. The molecule has 4 heterocycles. The van der Waals surface area contributed by atoms with Crippen molar-refractivity contribution in [1.29, 1.82) is 0 Å². The second-order valence-corrected chi connectivity index (χ2v) is 8.70. The van der Waals surface area contributed by atoms with Gasteiger partial charge in [-0.3, -0.25) is 4.79 Å². The number of amides is 1. The maximum Gasteiger partial charge on any atom is 0.267 e. The summed E-state index contributed by atoms with van der Waals surface area (Å²) >= 11 is 8.11. The maximum atomic E-state index is 11.5. The van der Waals surface area contributed by atoms with Gasteiger partial charge in [-0.15, -0.1) is 11.3 Å². The van der Waals surface area contributed by atoms with Crippen LogP contribution < -0.4 is 11.1 Å². The summed E-state index contributed by atoms with van der Waals surface area (Å²) in [6, 6.07) is 6.24. The first-order valence-corrected chi connectivity index (χ1v) is 9.97. The van der Waals surface area contributed by atoms with Crippen molar-refractivity contribution in [3.63, 3.8) is 0 Å². The molecule has 1 aliphatic heterocycles. The molecule has 0 spiro atoms. The number of thiophene rings is 1. The van der Waals surface area contributed by atoms with Gasteiger partial charge in [-0.05, 0) is 42.5 Å². The van der Waals surface area contributed by atoms with Crippen LogP contribution in [0.2, 0.25) is 5.02 Å². The van der Waals surface area contributed by atoms with Gasteiger partial charge in [0.25, 0.3) is 5.91 Å². The monoisotopic (exact) mass is 388 g/mol. The SMILES string of the molecule is CC(C)CC1NCCc2sc(-c3cnn4c(C(N)=O)cc(Cl)c4c3)cc21. The normalized spacial score (nSPS) is 17.0. The van der Waals surface area contributed by atoms with Crippen molar-refractivity contribution >= 4 is 34.4 Å². The highest BCUT2D eigenvalue weighted by molar-refractivity contribution is 7.15. The predicted molar refractivity (Wildman–Crippen MR) is 106 cm³/mol. The van der Waals surface area contributed by atoms with E-state index in [1.165, 1.54) is 19.8 Å². The molecule has 1 aliphatic rings. The van der Waals surface area contributed by atoms with Crippen LogP contribution >= 0.6 is 22.9 Å². The van der Waals surface area contributed by atoms with E-state index in [1.54, 1.807) is 12.3 Å². The van der Waals surface area contributed by atoms with Crippen LogP contribution in [0.1, 0.15) is 47.2 Å². The van der Waals surface area contributed by atoms with E-state index in [0.717, 1.165) is 24.9 Å². The van der Waals surface area contributed by atoms with E-state index < -0.39 is 5.91 Å². The molecular weight excluding hydrogens is 368 g/mol. The van der Waals surface area contributed by atoms with E-state index in [1.807, 2.05) is 17.4 Å². The molecule has 0 bridgehead atoms. The molecule has 26 heavy (non-hydrogen) atoms. The average Bonchev–Trinajstić information content (AvgIpc) is 3.16. The average molecular weight is 389 g/mol. The zero-order chi connectivity index (χ0) is 18.4. The molecule has 4 rings (SSSR count). The molecule has 7 heteroatoms. The van der Waals surface area contributed by atoms with Gasteiger partial charge >= 0.3 is 0 Å². The first-order valence-electron chi connectivity index (χ1n) is 8.77. The Morgan fingerprint density at radius 3 is 3.00 bits per heavy atom. The van der Waals surface area contributed by atoms with E-state index in [2.05, 4.69) is 30.3 Å². The zero-order valence-corrected chi connectivity index (χ0v) is 16.3. The topological polar surface area (TPSA) is 72.4 Å². The summed E-state index contributed by atoms with van der Waals surface area (Å²) < 4.78 is 1.50. The van der Waals surface area contributed by atoms with E-state index in [-0.39, 0.29) is 0 Å². The molecule has 3 aromatic rings. The van der Waals surface area contributed by atoms with Crippen LogP contribution in [0.15, 0.2) is 24.4 Å². The van der Waals surface area contributed by atoms with Crippen LogP contribution in [0.25, 0.3) is 16.0 Å². The second kappa shape index (κ2) is 6.68. The molecule has 136 valence electrons. The number of nitrogens with one attached hydrogen (secondary N) is 1. The van der Waals surface area contributed by atoms with Crippen LogP contribution in [0.3, 0.4) is 0 Å². The van der Waals surface area contributed by atoms with Crippen LogP contribution in [-0.2, 0) is 6.42 Å². The minimum Gasteiger partial charge on any atom is -0.364 e. The number of hydrogen-bond donors (Lipinski definition) is 2. The number of rotatable bonds is 4. The lowest BCUT2D eigenvalue weighted by Gasteiger charge is -2.25. The van der Waals surface area contributed by atoms with Crippen molar-refractivity contribution in [3.8, 4) is 10.4 Å². The fourth-order valence-electron chi connectivity index (χ4n) is 3.58. The minimum atomic E-state index is -0.540. The maximum absolute atomic E-state index is 11.5. The summed E-state index contributed by atoms with van der Waals surface area (Å²) in [5, 5.41) is 8.52. The third kappa shape index (κ3) is 3.02. The minimum absolute atomic E-state index is 0.295. The number of fused-ring (bicyclic) bond motifs is 2. The van der Waals surface area contributed by atoms with E-state index >= 15 is 0 Å². The van der Waals surface area contributed by atoms with Gasteiger partial charge in [0, 0.05) is 27.9 Å². The predicted octanol–water partition coefficient (Wildman–Crippen LogP) is 4.05.